The summed E-state index contributed by atoms with van der Waals surface area (Å²) in [5.74, 6) is 0.910. The summed E-state index contributed by atoms with van der Waals surface area (Å²) in [6.45, 7) is 1.61. The van der Waals surface area contributed by atoms with Crippen LogP contribution in [0.5, 0.6) is 0 Å². The van der Waals surface area contributed by atoms with Gasteiger partial charge in [-0.25, -0.2) is 0 Å². The minimum Gasteiger partial charge on any atom is -0.380 e. The van der Waals surface area contributed by atoms with E-state index in [-0.39, 0.29) is 0 Å². The Labute approximate surface area is 112 Å². The van der Waals surface area contributed by atoms with Crippen molar-refractivity contribution in [3.05, 3.63) is 29.8 Å². The summed E-state index contributed by atoms with van der Waals surface area (Å²) in [6, 6.07) is 8.25. The molecule has 2 aliphatic rings. The number of hydrogen-bond donors (Lipinski definition) is 1. The van der Waals surface area contributed by atoms with Gasteiger partial charge in [-0.2, -0.15) is 0 Å². The Bertz CT molecular complexity index is 457. The van der Waals surface area contributed by atoms with Gasteiger partial charge in [0.15, 0.2) is 5.17 Å². The molecule has 1 aromatic carbocycles. The summed E-state index contributed by atoms with van der Waals surface area (Å²) < 4.78 is 5.22. The van der Waals surface area contributed by atoms with Crippen LogP contribution in [0.15, 0.2) is 29.3 Å². The Hall–Kier alpha value is -1.000. The van der Waals surface area contributed by atoms with Crippen LogP contribution in [0.4, 0.5) is 5.69 Å². The topological polar surface area (TPSA) is 33.6 Å². The van der Waals surface area contributed by atoms with Crippen molar-refractivity contribution in [1.29, 1.82) is 0 Å². The van der Waals surface area contributed by atoms with E-state index in [1.54, 1.807) is 7.11 Å². The minimum atomic E-state index is 0.632. The van der Waals surface area contributed by atoms with Gasteiger partial charge in [0.25, 0.3) is 0 Å². The van der Waals surface area contributed by atoms with Gasteiger partial charge >= 0.3 is 0 Å². The summed E-state index contributed by atoms with van der Waals surface area (Å²) in [7, 11) is 1.72. The molecule has 1 aromatic rings. The SMILES string of the molecule is COCc1ccccc1NC1=NCC(C2CC2)S1. The number of nitrogens with one attached hydrogen (secondary N) is 1. The number of para-hydroxylation sites is 1. The van der Waals surface area contributed by atoms with Crippen LogP contribution in [0.2, 0.25) is 0 Å². The molecule has 1 heterocycles. The molecule has 1 aliphatic carbocycles. The first-order valence-electron chi connectivity index (χ1n) is 6.42. The minimum absolute atomic E-state index is 0.632. The normalized spacial score (nSPS) is 22.9. The molecule has 0 aromatic heterocycles. The van der Waals surface area contributed by atoms with Crippen molar-refractivity contribution >= 4 is 22.6 Å². The molecule has 3 nitrogen and oxygen atoms in total. The maximum Gasteiger partial charge on any atom is 0.161 e. The predicted molar refractivity (Wildman–Crippen MR) is 77.2 cm³/mol. The van der Waals surface area contributed by atoms with Crippen LogP contribution in [0, 0.1) is 5.92 Å². The van der Waals surface area contributed by atoms with E-state index in [1.807, 2.05) is 23.9 Å². The number of amidine groups is 1. The van der Waals surface area contributed by atoms with Gasteiger partial charge in [-0.1, -0.05) is 30.0 Å². The lowest BCUT2D eigenvalue weighted by molar-refractivity contribution is 0.185. The number of thioether (sulfide) groups is 1. The summed E-state index contributed by atoms with van der Waals surface area (Å²) in [6.07, 6.45) is 2.78. The van der Waals surface area contributed by atoms with Crippen LogP contribution in [-0.2, 0) is 11.3 Å². The van der Waals surface area contributed by atoms with Crippen molar-refractivity contribution in [2.24, 2.45) is 10.9 Å². The molecule has 0 bridgehead atoms. The molecular formula is C14H18N2OS. The van der Waals surface area contributed by atoms with Crippen molar-refractivity contribution in [1.82, 2.24) is 0 Å². The van der Waals surface area contributed by atoms with Gasteiger partial charge in [0, 0.05) is 23.6 Å². The third kappa shape index (κ3) is 2.70. The molecule has 0 spiro atoms. The number of ether oxygens (including phenoxy) is 1. The quantitative estimate of drug-likeness (QED) is 0.905. The van der Waals surface area contributed by atoms with Crippen molar-refractivity contribution in [2.75, 3.05) is 19.0 Å². The number of nitrogens with zero attached hydrogens (tertiary/aromatic N) is 1. The fourth-order valence-electron chi connectivity index (χ4n) is 2.21. The lowest BCUT2D eigenvalue weighted by atomic mass is 10.2. The van der Waals surface area contributed by atoms with E-state index < -0.39 is 0 Å². The zero-order valence-corrected chi connectivity index (χ0v) is 11.4. The highest BCUT2D eigenvalue weighted by Crippen LogP contribution is 2.42. The molecule has 0 radical (unpaired) electrons. The van der Waals surface area contributed by atoms with Gasteiger partial charge in [-0.05, 0) is 24.8 Å². The standard InChI is InChI=1S/C14H18N2OS/c1-17-9-11-4-2-3-5-12(11)16-14-15-8-13(18-14)10-6-7-10/h2-5,10,13H,6-9H2,1H3,(H,15,16). The molecular weight excluding hydrogens is 244 g/mol. The molecule has 1 saturated carbocycles. The lowest BCUT2D eigenvalue weighted by Crippen LogP contribution is -2.10. The molecule has 1 aliphatic heterocycles. The predicted octanol–water partition coefficient (Wildman–Crippen LogP) is 3.13. The number of hydrogen-bond acceptors (Lipinski definition) is 4. The smallest absolute Gasteiger partial charge is 0.161 e. The third-order valence-corrected chi connectivity index (χ3v) is 4.68. The largest absolute Gasteiger partial charge is 0.380 e. The fourth-order valence-corrected chi connectivity index (χ4v) is 3.43. The summed E-state index contributed by atoms with van der Waals surface area (Å²) >= 11 is 1.90. The van der Waals surface area contributed by atoms with Gasteiger partial charge in [-0.15, -0.1) is 0 Å². The summed E-state index contributed by atoms with van der Waals surface area (Å²) in [5, 5.41) is 5.22. The zero-order chi connectivity index (χ0) is 12.4. The van der Waals surface area contributed by atoms with Gasteiger partial charge in [0.1, 0.15) is 0 Å². The highest BCUT2D eigenvalue weighted by atomic mass is 32.2. The van der Waals surface area contributed by atoms with E-state index in [0.29, 0.717) is 11.9 Å². The van der Waals surface area contributed by atoms with Crippen LogP contribution in [0.1, 0.15) is 18.4 Å². The number of rotatable bonds is 4. The Morgan fingerprint density at radius 1 is 1.39 bits per heavy atom. The van der Waals surface area contributed by atoms with Crippen LogP contribution < -0.4 is 5.32 Å². The second kappa shape index (κ2) is 5.33. The second-order valence-corrected chi connectivity index (χ2v) is 6.08. The number of benzene rings is 1. The molecule has 1 N–H and O–H groups in total. The average Bonchev–Trinajstić information content (AvgIpc) is 3.13. The van der Waals surface area contributed by atoms with Crippen molar-refractivity contribution in [2.45, 2.75) is 24.7 Å². The molecule has 0 amide bonds. The van der Waals surface area contributed by atoms with Crippen LogP contribution in [-0.4, -0.2) is 24.1 Å². The highest BCUT2D eigenvalue weighted by Gasteiger charge is 2.35. The molecule has 1 unspecified atom stereocenters. The number of methoxy groups -OCH3 is 1. The van der Waals surface area contributed by atoms with E-state index in [1.165, 1.54) is 18.4 Å². The summed E-state index contributed by atoms with van der Waals surface area (Å²) in [5.41, 5.74) is 2.29. The van der Waals surface area contributed by atoms with Gasteiger partial charge in [-0.3, -0.25) is 4.99 Å². The van der Waals surface area contributed by atoms with E-state index in [0.717, 1.165) is 23.3 Å². The van der Waals surface area contributed by atoms with Crippen LogP contribution >= 0.6 is 11.8 Å². The molecule has 18 heavy (non-hydrogen) atoms. The first-order chi connectivity index (χ1) is 8.86. The van der Waals surface area contributed by atoms with Gasteiger partial charge in [0.2, 0.25) is 0 Å². The Morgan fingerprint density at radius 2 is 2.22 bits per heavy atom. The van der Waals surface area contributed by atoms with Gasteiger partial charge < -0.3 is 10.1 Å². The molecule has 1 atom stereocenters. The zero-order valence-electron chi connectivity index (χ0n) is 10.6. The summed E-state index contributed by atoms with van der Waals surface area (Å²) in [4.78, 5) is 4.60. The monoisotopic (exact) mass is 262 g/mol. The number of anilines is 1. The van der Waals surface area contributed by atoms with E-state index in [4.69, 9.17) is 4.74 Å². The average molecular weight is 262 g/mol. The number of aliphatic imine (C=N–C) groups is 1. The fraction of sp³-hybridized carbons (Fsp3) is 0.500. The van der Waals surface area contributed by atoms with Gasteiger partial charge in [0.05, 0.1) is 13.2 Å². The van der Waals surface area contributed by atoms with Crippen LogP contribution in [0.25, 0.3) is 0 Å². The molecule has 0 saturated heterocycles. The van der Waals surface area contributed by atoms with E-state index >= 15 is 0 Å². The second-order valence-electron chi connectivity index (χ2n) is 4.85. The van der Waals surface area contributed by atoms with E-state index in [9.17, 15) is 0 Å². The molecule has 1 fully saturated rings. The first kappa shape index (κ1) is 12.1. The Balaban J connectivity index is 1.65. The molecule has 96 valence electrons. The Kier molecular flexibility index (Phi) is 3.57. The first-order valence-corrected chi connectivity index (χ1v) is 7.30. The molecule has 3 rings (SSSR count). The van der Waals surface area contributed by atoms with Crippen molar-refractivity contribution in [3.63, 3.8) is 0 Å². The Morgan fingerprint density at radius 3 is 3.00 bits per heavy atom. The lowest BCUT2D eigenvalue weighted by Gasteiger charge is -2.11. The maximum absolute atomic E-state index is 5.22. The van der Waals surface area contributed by atoms with E-state index in [2.05, 4.69) is 22.4 Å². The van der Waals surface area contributed by atoms with Crippen molar-refractivity contribution < 1.29 is 4.74 Å². The maximum atomic E-state index is 5.22. The highest BCUT2D eigenvalue weighted by molar-refractivity contribution is 8.15. The van der Waals surface area contributed by atoms with Crippen LogP contribution in [0.3, 0.4) is 0 Å². The molecule has 4 heteroatoms. The third-order valence-electron chi connectivity index (χ3n) is 3.38. The van der Waals surface area contributed by atoms with Crippen molar-refractivity contribution in [3.8, 4) is 0 Å².